The van der Waals surface area contributed by atoms with Gasteiger partial charge in [0.05, 0.1) is 5.69 Å². The number of likely N-dealkylation sites (tertiary alicyclic amines) is 1. The van der Waals surface area contributed by atoms with Gasteiger partial charge in [0.15, 0.2) is 0 Å². The van der Waals surface area contributed by atoms with Crippen molar-refractivity contribution in [1.82, 2.24) is 14.3 Å². The van der Waals surface area contributed by atoms with Crippen LogP contribution >= 0.6 is 0 Å². The molecule has 2 aromatic rings. The molecule has 0 radical (unpaired) electrons. The SMILES string of the molecule is Nc1ccc2nc(CN3CCCCCC3)cn2c1. The van der Waals surface area contributed by atoms with Crippen LogP contribution in [0.3, 0.4) is 0 Å². The lowest BCUT2D eigenvalue weighted by atomic mass is 10.2. The van der Waals surface area contributed by atoms with Crippen LogP contribution in [-0.2, 0) is 6.54 Å². The summed E-state index contributed by atoms with van der Waals surface area (Å²) in [5.74, 6) is 0. The number of pyridine rings is 1. The highest BCUT2D eigenvalue weighted by atomic mass is 15.1. The van der Waals surface area contributed by atoms with Crippen molar-refractivity contribution in [2.45, 2.75) is 32.2 Å². The van der Waals surface area contributed by atoms with Gasteiger partial charge in [0.25, 0.3) is 0 Å². The Balaban J connectivity index is 1.77. The molecule has 0 bridgehead atoms. The van der Waals surface area contributed by atoms with Crippen molar-refractivity contribution in [3.05, 3.63) is 30.2 Å². The minimum atomic E-state index is 0.779. The number of imidazole rings is 1. The zero-order valence-electron chi connectivity index (χ0n) is 10.7. The first-order chi connectivity index (χ1) is 8.81. The molecular formula is C14H20N4. The molecule has 3 heterocycles. The number of fused-ring (bicyclic) bond motifs is 1. The summed E-state index contributed by atoms with van der Waals surface area (Å²) in [5, 5.41) is 0. The summed E-state index contributed by atoms with van der Waals surface area (Å²) in [7, 11) is 0. The van der Waals surface area contributed by atoms with Crippen LogP contribution in [0.15, 0.2) is 24.5 Å². The van der Waals surface area contributed by atoms with Crippen LogP contribution in [0.5, 0.6) is 0 Å². The van der Waals surface area contributed by atoms with E-state index in [4.69, 9.17) is 5.73 Å². The van der Waals surface area contributed by atoms with Gasteiger partial charge in [0.1, 0.15) is 5.65 Å². The Morgan fingerprint density at radius 1 is 1.06 bits per heavy atom. The summed E-state index contributed by atoms with van der Waals surface area (Å²) in [6.07, 6.45) is 9.40. The zero-order chi connectivity index (χ0) is 12.4. The lowest BCUT2D eigenvalue weighted by molar-refractivity contribution is 0.274. The van der Waals surface area contributed by atoms with E-state index in [9.17, 15) is 0 Å². The molecule has 0 spiro atoms. The van der Waals surface area contributed by atoms with Crippen molar-refractivity contribution in [2.75, 3.05) is 18.8 Å². The molecule has 0 atom stereocenters. The largest absolute Gasteiger partial charge is 0.398 e. The van der Waals surface area contributed by atoms with Gasteiger partial charge < -0.3 is 10.1 Å². The van der Waals surface area contributed by atoms with E-state index in [0.717, 1.165) is 23.6 Å². The first-order valence-electron chi connectivity index (χ1n) is 6.77. The zero-order valence-corrected chi connectivity index (χ0v) is 10.7. The van der Waals surface area contributed by atoms with Gasteiger partial charge in [-0.25, -0.2) is 4.98 Å². The monoisotopic (exact) mass is 244 g/mol. The molecule has 0 amide bonds. The molecule has 2 aromatic heterocycles. The van der Waals surface area contributed by atoms with Gasteiger partial charge in [-0.15, -0.1) is 0 Å². The number of hydrogen-bond donors (Lipinski definition) is 1. The van der Waals surface area contributed by atoms with Crippen molar-refractivity contribution in [3.63, 3.8) is 0 Å². The molecule has 0 aliphatic carbocycles. The number of nitrogens with two attached hydrogens (primary N) is 1. The van der Waals surface area contributed by atoms with Gasteiger partial charge >= 0.3 is 0 Å². The third-order valence-corrected chi connectivity index (χ3v) is 3.61. The molecular weight excluding hydrogens is 224 g/mol. The van der Waals surface area contributed by atoms with E-state index in [1.54, 1.807) is 0 Å². The Bertz CT molecular complexity index is 524. The Kier molecular flexibility index (Phi) is 3.19. The van der Waals surface area contributed by atoms with Crippen molar-refractivity contribution >= 4 is 11.3 Å². The minimum absolute atomic E-state index is 0.779. The Labute approximate surface area is 107 Å². The third-order valence-electron chi connectivity index (χ3n) is 3.61. The van der Waals surface area contributed by atoms with Crippen molar-refractivity contribution in [3.8, 4) is 0 Å². The highest BCUT2D eigenvalue weighted by Gasteiger charge is 2.11. The fourth-order valence-electron chi connectivity index (χ4n) is 2.66. The molecule has 1 saturated heterocycles. The predicted molar refractivity (Wildman–Crippen MR) is 73.3 cm³/mol. The molecule has 0 saturated carbocycles. The van der Waals surface area contributed by atoms with E-state index in [1.807, 2.05) is 22.7 Å². The number of anilines is 1. The third kappa shape index (κ3) is 2.48. The minimum Gasteiger partial charge on any atom is -0.398 e. The van der Waals surface area contributed by atoms with Gasteiger partial charge in [-0.2, -0.15) is 0 Å². The van der Waals surface area contributed by atoms with Crippen molar-refractivity contribution in [1.29, 1.82) is 0 Å². The van der Waals surface area contributed by atoms with Gasteiger partial charge in [-0.3, -0.25) is 4.90 Å². The molecule has 1 aliphatic heterocycles. The fourth-order valence-corrected chi connectivity index (χ4v) is 2.66. The van der Waals surface area contributed by atoms with Gasteiger partial charge in [0.2, 0.25) is 0 Å². The average Bonchev–Trinajstić information content (AvgIpc) is 2.57. The lowest BCUT2D eigenvalue weighted by Crippen LogP contribution is -2.24. The van der Waals surface area contributed by atoms with Gasteiger partial charge in [0, 0.05) is 24.6 Å². The topological polar surface area (TPSA) is 46.6 Å². The Morgan fingerprint density at radius 2 is 1.83 bits per heavy atom. The average molecular weight is 244 g/mol. The molecule has 1 aliphatic rings. The van der Waals surface area contributed by atoms with Gasteiger partial charge in [-0.05, 0) is 38.1 Å². The van der Waals surface area contributed by atoms with Crippen LogP contribution in [0.4, 0.5) is 5.69 Å². The smallest absolute Gasteiger partial charge is 0.137 e. The number of rotatable bonds is 2. The quantitative estimate of drug-likeness (QED) is 0.881. The van der Waals surface area contributed by atoms with E-state index < -0.39 is 0 Å². The standard InChI is InChI=1S/C14H20N4/c15-12-5-6-14-16-13(11-18(14)9-12)10-17-7-3-1-2-4-8-17/h5-6,9,11H,1-4,7-8,10,15H2. The molecule has 0 aromatic carbocycles. The van der Waals surface area contributed by atoms with E-state index in [1.165, 1.54) is 38.8 Å². The summed E-state index contributed by atoms with van der Waals surface area (Å²) in [4.78, 5) is 7.16. The van der Waals surface area contributed by atoms with E-state index in [-0.39, 0.29) is 0 Å². The highest BCUT2D eigenvalue weighted by Crippen LogP contribution is 2.14. The first kappa shape index (κ1) is 11.5. The maximum Gasteiger partial charge on any atom is 0.137 e. The second-order valence-corrected chi connectivity index (χ2v) is 5.15. The van der Waals surface area contributed by atoms with Crippen LogP contribution in [0, 0.1) is 0 Å². The lowest BCUT2D eigenvalue weighted by Gasteiger charge is -2.17. The fraction of sp³-hybridized carbons (Fsp3) is 0.500. The second kappa shape index (κ2) is 4.98. The first-order valence-corrected chi connectivity index (χ1v) is 6.77. The summed E-state index contributed by atoms with van der Waals surface area (Å²) in [6.45, 7) is 3.37. The van der Waals surface area contributed by atoms with E-state index >= 15 is 0 Å². The number of aromatic nitrogens is 2. The highest BCUT2D eigenvalue weighted by molar-refractivity contribution is 5.48. The van der Waals surface area contributed by atoms with Crippen LogP contribution in [0.1, 0.15) is 31.4 Å². The summed E-state index contributed by atoms with van der Waals surface area (Å²) >= 11 is 0. The van der Waals surface area contributed by atoms with Crippen LogP contribution in [0.25, 0.3) is 5.65 Å². The van der Waals surface area contributed by atoms with Crippen molar-refractivity contribution in [2.24, 2.45) is 0 Å². The normalized spacial score (nSPS) is 18.0. The summed E-state index contributed by atoms with van der Waals surface area (Å²) in [5.41, 5.74) is 8.68. The van der Waals surface area contributed by atoms with Crippen LogP contribution in [0.2, 0.25) is 0 Å². The molecule has 4 nitrogen and oxygen atoms in total. The van der Waals surface area contributed by atoms with Crippen LogP contribution in [-0.4, -0.2) is 27.4 Å². The number of nitrogen functional groups attached to an aromatic ring is 1. The number of nitrogens with zero attached hydrogens (tertiary/aromatic N) is 3. The Hall–Kier alpha value is -1.55. The van der Waals surface area contributed by atoms with Crippen LogP contribution < -0.4 is 5.73 Å². The summed E-state index contributed by atoms with van der Waals surface area (Å²) in [6, 6.07) is 3.87. The predicted octanol–water partition coefficient (Wildman–Crippen LogP) is 2.29. The molecule has 2 N–H and O–H groups in total. The second-order valence-electron chi connectivity index (χ2n) is 5.15. The van der Waals surface area contributed by atoms with Gasteiger partial charge in [-0.1, -0.05) is 12.8 Å². The van der Waals surface area contributed by atoms with E-state index in [2.05, 4.69) is 16.1 Å². The molecule has 4 heteroatoms. The molecule has 3 rings (SSSR count). The van der Waals surface area contributed by atoms with Crippen molar-refractivity contribution < 1.29 is 0 Å². The molecule has 96 valence electrons. The van der Waals surface area contributed by atoms with E-state index in [0.29, 0.717) is 0 Å². The maximum atomic E-state index is 5.78. The molecule has 18 heavy (non-hydrogen) atoms. The summed E-state index contributed by atoms with van der Waals surface area (Å²) < 4.78 is 2.02. The Morgan fingerprint density at radius 3 is 2.61 bits per heavy atom. The molecule has 0 unspecified atom stereocenters. The number of hydrogen-bond acceptors (Lipinski definition) is 3. The molecule has 1 fully saturated rings. The maximum absolute atomic E-state index is 5.78.